The van der Waals surface area contributed by atoms with Crippen molar-refractivity contribution < 1.29 is 4.79 Å². The van der Waals surface area contributed by atoms with Gasteiger partial charge in [0.25, 0.3) is 0 Å². The SMILES string of the molecule is CC(C(=O)N(C)Cc1ccccc1)N1CCCN(Cc2ccc(C#N)cc2)CC1. The molecule has 152 valence electrons. The van der Waals surface area contributed by atoms with Crippen molar-refractivity contribution >= 4 is 5.91 Å². The fraction of sp³-hybridized carbons (Fsp3) is 0.417. The fourth-order valence-electron chi connectivity index (χ4n) is 3.89. The zero-order valence-electron chi connectivity index (χ0n) is 17.4. The molecule has 0 bridgehead atoms. The second-order valence-electron chi connectivity index (χ2n) is 7.83. The van der Waals surface area contributed by atoms with E-state index in [0.717, 1.165) is 44.7 Å². The number of benzene rings is 2. The highest BCUT2D eigenvalue weighted by molar-refractivity contribution is 5.81. The van der Waals surface area contributed by atoms with E-state index < -0.39 is 0 Å². The van der Waals surface area contributed by atoms with Crippen LogP contribution in [0.1, 0.15) is 30.0 Å². The number of hydrogen-bond acceptors (Lipinski definition) is 4. The minimum Gasteiger partial charge on any atom is -0.340 e. The van der Waals surface area contributed by atoms with E-state index in [-0.39, 0.29) is 11.9 Å². The molecule has 1 amide bonds. The smallest absolute Gasteiger partial charge is 0.239 e. The average molecular weight is 391 g/mol. The molecule has 0 radical (unpaired) electrons. The predicted octanol–water partition coefficient (Wildman–Crippen LogP) is 3.11. The highest BCUT2D eigenvalue weighted by atomic mass is 16.2. The third-order valence-electron chi connectivity index (χ3n) is 5.66. The third kappa shape index (κ3) is 5.90. The van der Waals surface area contributed by atoms with Crippen LogP contribution in [0.25, 0.3) is 0 Å². The van der Waals surface area contributed by atoms with Gasteiger partial charge in [0.05, 0.1) is 17.7 Å². The Morgan fingerprint density at radius 3 is 2.45 bits per heavy atom. The van der Waals surface area contributed by atoms with Crippen LogP contribution in [0.2, 0.25) is 0 Å². The number of carbonyl (C=O) groups excluding carboxylic acids is 1. The Kier molecular flexibility index (Phi) is 7.40. The van der Waals surface area contributed by atoms with E-state index in [0.29, 0.717) is 12.1 Å². The maximum atomic E-state index is 12.9. The van der Waals surface area contributed by atoms with Crippen LogP contribution in [0.5, 0.6) is 0 Å². The lowest BCUT2D eigenvalue weighted by Gasteiger charge is -2.30. The summed E-state index contributed by atoms with van der Waals surface area (Å²) in [7, 11) is 1.89. The molecule has 0 N–H and O–H groups in total. The van der Waals surface area contributed by atoms with Crippen molar-refractivity contribution in [3.8, 4) is 6.07 Å². The minimum absolute atomic E-state index is 0.112. The van der Waals surface area contributed by atoms with E-state index >= 15 is 0 Å². The van der Waals surface area contributed by atoms with E-state index in [1.807, 2.05) is 61.3 Å². The first-order valence-electron chi connectivity index (χ1n) is 10.3. The van der Waals surface area contributed by atoms with Crippen molar-refractivity contribution in [2.24, 2.45) is 0 Å². The maximum absolute atomic E-state index is 12.9. The molecule has 0 aromatic heterocycles. The van der Waals surface area contributed by atoms with Gasteiger partial charge in [-0.1, -0.05) is 42.5 Å². The van der Waals surface area contributed by atoms with Gasteiger partial charge < -0.3 is 4.90 Å². The summed E-state index contributed by atoms with van der Waals surface area (Å²) in [6, 6.07) is 20.0. The van der Waals surface area contributed by atoms with E-state index in [2.05, 4.69) is 28.0 Å². The summed E-state index contributed by atoms with van der Waals surface area (Å²) in [5.41, 5.74) is 3.08. The summed E-state index contributed by atoms with van der Waals surface area (Å²) >= 11 is 0. The first-order valence-corrected chi connectivity index (χ1v) is 10.3. The van der Waals surface area contributed by atoms with Crippen molar-refractivity contribution in [3.63, 3.8) is 0 Å². The van der Waals surface area contributed by atoms with Gasteiger partial charge >= 0.3 is 0 Å². The average Bonchev–Trinajstić information content (AvgIpc) is 2.99. The normalized spacial score (nSPS) is 16.6. The summed E-state index contributed by atoms with van der Waals surface area (Å²) in [5, 5.41) is 8.94. The number of amides is 1. The summed E-state index contributed by atoms with van der Waals surface area (Å²) in [6.07, 6.45) is 1.05. The molecule has 1 aliphatic rings. The molecule has 0 spiro atoms. The van der Waals surface area contributed by atoms with Crippen LogP contribution in [0, 0.1) is 11.3 Å². The Bertz CT molecular complexity index is 828. The van der Waals surface area contributed by atoms with Crippen molar-refractivity contribution in [2.75, 3.05) is 33.2 Å². The van der Waals surface area contributed by atoms with Crippen LogP contribution < -0.4 is 0 Å². The third-order valence-corrected chi connectivity index (χ3v) is 5.66. The second-order valence-corrected chi connectivity index (χ2v) is 7.83. The van der Waals surface area contributed by atoms with Crippen molar-refractivity contribution in [3.05, 3.63) is 71.3 Å². The zero-order chi connectivity index (χ0) is 20.6. The molecule has 3 rings (SSSR count). The summed E-state index contributed by atoms with van der Waals surface area (Å²) in [5.74, 6) is 0.175. The van der Waals surface area contributed by atoms with Gasteiger partial charge in [-0.25, -0.2) is 0 Å². The first kappa shape index (κ1) is 21.0. The molecule has 1 heterocycles. The lowest BCUT2D eigenvalue weighted by Crippen LogP contribution is -2.46. The molecule has 5 nitrogen and oxygen atoms in total. The Balaban J connectivity index is 1.52. The molecule has 29 heavy (non-hydrogen) atoms. The molecule has 2 aromatic rings. The Morgan fingerprint density at radius 2 is 1.76 bits per heavy atom. The molecule has 1 fully saturated rings. The maximum Gasteiger partial charge on any atom is 0.239 e. The summed E-state index contributed by atoms with van der Waals surface area (Å²) in [4.78, 5) is 19.5. The molecule has 1 atom stereocenters. The number of carbonyl (C=O) groups is 1. The van der Waals surface area contributed by atoms with Crippen molar-refractivity contribution in [1.82, 2.24) is 14.7 Å². The Morgan fingerprint density at radius 1 is 1.03 bits per heavy atom. The van der Waals surface area contributed by atoms with Crippen molar-refractivity contribution in [1.29, 1.82) is 5.26 Å². The van der Waals surface area contributed by atoms with Crippen LogP contribution in [-0.4, -0.2) is 59.9 Å². The Hall–Kier alpha value is -2.68. The van der Waals surface area contributed by atoms with Gasteiger partial charge in [-0.05, 0) is 43.1 Å². The van der Waals surface area contributed by atoms with E-state index in [1.54, 1.807) is 0 Å². The van der Waals surface area contributed by atoms with Gasteiger partial charge in [-0.2, -0.15) is 5.26 Å². The number of nitrogens with zero attached hydrogens (tertiary/aromatic N) is 4. The lowest BCUT2D eigenvalue weighted by atomic mass is 10.1. The van der Waals surface area contributed by atoms with Gasteiger partial charge in [-0.3, -0.25) is 14.6 Å². The lowest BCUT2D eigenvalue weighted by molar-refractivity contribution is -0.135. The molecular weight excluding hydrogens is 360 g/mol. The van der Waals surface area contributed by atoms with Gasteiger partial charge in [0.2, 0.25) is 5.91 Å². The molecule has 1 unspecified atom stereocenters. The number of likely N-dealkylation sites (N-methyl/N-ethyl adjacent to an activating group) is 1. The summed E-state index contributed by atoms with van der Waals surface area (Å²) < 4.78 is 0. The predicted molar refractivity (Wildman–Crippen MR) is 115 cm³/mol. The van der Waals surface area contributed by atoms with E-state index in [1.165, 1.54) is 5.56 Å². The minimum atomic E-state index is -0.112. The number of nitriles is 1. The quantitative estimate of drug-likeness (QED) is 0.760. The van der Waals surface area contributed by atoms with E-state index in [9.17, 15) is 4.79 Å². The molecule has 1 saturated heterocycles. The van der Waals surface area contributed by atoms with Crippen LogP contribution in [-0.2, 0) is 17.9 Å². The molecule has 1 aliphatic heterocycles. The van der Waals surface area contributed by atoms with E-state index in [4.69, 9.17) is 5.26 Å². The van der Waals surface area contributed by atoms with Crippen LogP contribution >= 0.6 is 0 Å². The molecule has 0 saturated carbocycles. The van der Waals surface area contributed by atoms with Gasteiger partial charge in [0.15, 0.2) is 0 Å². The van der Waals surface area contributed by atoms with Gasteiger partial charge in [0, 0.05) is 39.8 Å². The topological polar surface area (TPSA) is 50.6 Å². The van der Waals surface area contributed by atoms with Crippen molar-refractivity contribution in [2.45, 2.75) is 32.5 Å². The van der Waals surface area contributed by atoms with Crippen LogP contribution in [0.15, 0.2) is 54.6 Å². The monoisotopic (exact) mass is 390 g/mol. The standard InChI is InChI=1S/C24H30N4O/c1-20(24(29)26(2)18-22-7-4-3-5-8-22)28-14-6-13-27(15-16-28)19-23-11-9-21(17-25)10-12-23/h3-5,7-12,20H,6,13-16,18-19H2,1-2H3. The molecular formula is C24H30N4O. The van der Waals surface area contributed by atoms with Gasteiger partial charge in [0.1, 0.15) is 0 Å². The zero-order valence-corrected chi connectivity index (χ0v) is 17.4. The van der Waals surface area contributed by atoms with Crippen LogP contribution in [0.3, 0.4) is 0 Å². The molecule has 5 heteroatoms. The first-order chi connectivity index (χ1) is 14.1. The number of rotatable bonds is 6. The Labute approximate surface area is 174 Å². The van der Waals surface area contributed by atoms with Gasteiger partial charge in [-0.15, -0.1) is 0 Å². The summed E-state index contributed by atoms with van der Waals surface area (Å²) in [6.45, 7) is 7.36. The van der Waals surface area contributed by atoms with Crippen LogP contribution in [0.4, 0.5) is 0 Å². The number of hydrogen-bond donors (Lipinski definition) is 0. The molecule has 0 aliphatic carbocycles. The highest BCUT2D eigenvalue weighted by Crippen LogP contribution is 2.14. The highest BCUT2D eigenvalue weighted by Gasteiger charge is 2.26. The second kappa shape index (κ2) is 10.2. The largest absolute Gasteiger partial charge is 0.340 e. The fourth-order valence-corrected chi connectivity index (χ4v) is 3.89. The molecule has 2 aromatic carbocycles.